The summed E-state index contributed by atoms with van der Waals surface area (Å²) in [6, 6.07) is 6.85. The number of nitrogens with zero attached hydrogens (tertiary/aromatic N) is 2. The van der Waals surface area contributed by atoms with E-state index in [1.54, 1.807) is 16.2 Å². The van der Waals surface area contributed by atoms with Crippen molar-refractivity contribution in [1.29, 1.82) is 0 Å². The first-order valence-electron chi connectivity index (χ1n) is 7.57. The molecule has 1 aliphatic heterocycles. The van der Waals surface area contributed by atoms with Gasteiger partial charge < -0.3 is 9.32 Å². The van der Waals surface area contributed by atoms with Crippen molar-refractivity contribution >= 4 is 27.3 Å². The van der Waals surface area contributed by atoms with Crippen LogP contribution in [0.15, 0.2) is 39.2 Å². The van der Waals surface area contributed by atoms with Gasteiger partial charge in [0.1, 0.15) is 0 Å². The second kappa shape index (κ2) is 7.06. The monoisotopic (exact) mass is 369 g/mol. The average molecular weight is 369 g/mol. The van der Waals surface area contributed by atoms with E-state index >= 15 is 0 Å². The van der Waals surface area contributed by atoms with Gasteiger partial charge in [0, 0.05) is 37.6 Å². The van der Waals surface area contributed by atoms with Crippen molar-refractivity contribution in [3.8, 4) is 0 Å². The van der Waals surface area contributed by atoms with Crippen molar-refractivity contribution in [3.63, 3.8) is 0 Å². The van der Waals surface area contributed by atoms with Gasteiger partial charge >= 0.3 is 0 Å². The van der Waals surface area contributed by atoms with Gasteiger partial charge in [-0.1, -0.05) is 6.07 Å². The van der Waals surface area contributed by atoms with E-state index < -0.39 is 10.0 Å². The molecule has 24 heavy (non-hydrogen) atoms. The Labute approximate surface area is 144 Å². The molecule has 0 aromatic carbocycles. The Morgan fingerprint density at radius 3 is 2.62 bits per heavy atom. The lowest BCUT2D eigenvalue weighted by Gasteiger charge is -2.34. The summed E-state index contributed by atoms with van der Waals surface area (Å²) < 4.78 is 30.7. The van der Waals surface area contributed by atoms with Crippen molar-refractivity contribution < 1.29 is 17.6 Å². The predicted octanol–water partition coefficient (Wildman–Crippen LogP) is 1.21. The molecule has 7 nitrogen and oxygen atoms in total. The first-order chi connectivity index (χ1) is 11.5. The quantitative estimate of drug-likeness (QED) is 0.856. The summed E-state index contributed by atoms with van der Waals surface area (Å²) in [6.07, 6.45) is 0. The normalized spacial score (nSPS) is 16.5. The molecule has 1 N–H and O–H groups in total. The standard InChI is InChI=1S/C15H19N3O4S2/c1-16-24(20,21)14-5-4-13(22-14)15(19)18-8-6-17(7-9-18)11-12-3-2-10-23-12/h2-5,10,16H,6-9,11H2,1H3. The highest BCUT2D eigenvalue weighted by Gasteiger charge is 2.26. The molecule has 1 saturated heterocycles. The number of furan rings is 1. The third-order valence-electron chi connectivity index (χ3n) is 3.94. The fourth-order valence-electron chi connectivity index (χ4n) is 2.57. The first kappa shape index (κ1) is 17.2. The highest BCUT2D eigenvalue weighted by molar-refractivity contribution is 7.89. The van der Waals surface area contributed by atoms with Crippen molar-refractivity contribution in [2.75, 3.05) is 33.2 Å². The molecular formula is C15H19N3O4S2. The molecule has 3 heterocycles. The minimum Gasteiger partial charge on any atom is -0.438 e. The Kier molecular flexibility index (Phi) is 5.04. The molecule has 0 atom stereocenters. The molecule has 0 saturated carbocycles. The molecule has 0 aliphatic carbocycles. The summed E-state index contributed by atoms with van der Waals surface area (Å²) in [7, 11) is -2.38. The van der Waals surface area contributed by atoms with E-state index in [9.17, 15) is 13.2 Å². The second-order valence-electron chi connectivity index (χ2n) is 5.47. The molecule has 1 aliphatic rings. The molecule has 1 fully saturated rings. The highest BCUT2D eigenvalue weighted by Crippen LogP contribution is 2.18. The third-order valence-corrected chi connectivity index (χ3v) is 6.09. The second-order valence-corrected chi connectivity index (χ2v) is 8.32. The van der Waals surface area contributed by atoms with Crippen LogP contribution in [0.2, 0.25) is 0 Å². The van der Waals surface area contributed by atoms with E-state index in [-0.39, 0.29) is 16.8 Å². The van der Waals surface area contributed by atoms with Gasteiger partial charge in [-0.05, 0) is 30.6 Å². The molecule has 0 unspecified atom stereocenters. The van der Waals surface area contributed by atoms with Crippen molar-refractivity contribution in [2.45, 2.75) is 11.6 Å². The number of amides is 1. The SMILES string of the molecule is CNS(=O)(=O)c1ccc(C(=O)N2CCN(Cc3cccs3)CC2)o1. The molecule has 0 radical (unpaired) electrons. The van der Waals surface area contributed by atoms with Crippen LogP contribution in [-0.4, -0.2) is 57.4 Å². The number of thiophene rings is 1. The fraction of sp³-hybridized carbons (Fsp3) is 0.400. The van der Waals surface area contributed by atoms with Gasteiger partial charge in [0.15, 0.2) is 5.76 Å². The molecule has 2 aromatic rings. The molecule has 2 aromatic heterocycles. The summed E-state index contributed by atoms with van der Waals surface area (Å²) in [4.78, 5) is 17.8. The molecular weight excluding hydrogens is 350 g/mol. The Morgan fingerprint density at radius 1 is 1.25 bits per heavy atom. The number of nitrogens with one attached hydrogen (secondary N) is 1. The lowest BCUT2D eigenvalue weighted by atomic mass is 10.2. The lowest BCUT2D eigenvalue weighted by Crippen LogP contribution is -2.48. The maximum absolute atomic E-state index is 12.5. The summed E-state index contributed by atoms with van der Waals surface area (Å²) in [5.74, 6) is -0.223. The van der Waals surface area contributed by atoms with E-state index in [1.807, 2.05) is 6.07 Å². The number of hydrogen-bond acceptors (Lipinski definition) is 6. The Balaban J connectivity index is 1.59. The zero-order chi connectivity index (χ0) is 17.2. The van der Waals surface area contributed by atoms with Crippen LogP contribution in [0.4, 0.5) is 0 Å². The summed E-state index contributed by atoms with van der Waals surface area (Å²) in [5, 5.41) is 1.81. The molecule has 9 heteroatoms. The zero-order valence-corrected chi connectivity index (χ0v) is 14.9. The maximum Gasteiger partial charge on any atom is 0.289 e. The molecule has 0 spiro atoms. The largest absolute Gasteiger partial charge is 0.438 e. The average Bonchev–Trinajstić information content (AvgIpc) is 3.27. The Bertz CT molecular complexity index is 791. The van der Waals surface area contributed by atoms with E-state index in [0.29, 0.717) is 13.1 Å². The smallest absolute Gasteiger partial charge is 0.289 e. The number of carbonyl (C=O) groups is 1. The minimum atomic E-state index is -3.67. The number of rotatable bonds is 5. The zero-order valence-electron chi connectivity index (χ0n) is 13.3. The molecule has 130 valence electrons. The number of carbonyl (C=O) groups excluding carboxylic acids is 1. The molecule has 3 rings (SSSR count). The minimum absolute atomic E-state index is 0.0514. The van der Waals surface area contributed by atoms with E-state index in [2.05, 4.69) is 21.1 Å². The van der Waals surface area contributed by atoms with Crippen LogP contribution in [0.25, 0.3) is 0 Å². The number of hydrogen-bond donors (Lipinski definition) is 1. The van der Waals surface area contributed by atoms with Crippen LogP contribution in [0, 0.1) is 0 Å². The first-order valence-corrected chi connectivity index (χ1v) is 9.93. The number of sulfonamides is 1. The van der Waals surface area contributed by atoms with Gasteiger partial charge in [0.25, 0.3) is 15.9 Å². The highest BCUT2D eigenvalue weighted by atomic mass is 32.2. The van der Waals surface area contributed by atoms with Crippen molar-refractivity contribution in [2.24, 2.45) is 0 Å². The van der Waals surface area contributed by atoms with Crippen molar-refractivity contribution in [1.82, 2.24) is 14.5 Å². The maximum atomic E-state index is 12.5. The van der Waals surface area contributed by atoms with Gasteiger partial charge in [0.2, 0.25) is 5.09 Å². The molecule has 1 amide bonds. The van der Waals surface area contributed by atoms with Crippen LogP contribution < -0.4 is 4.72 Å². The Morgan fingerprint density at radius 2 is 2.00 bits per heavy atom. The van der Waals surface area contributed by atoms with Crippen LogP contribution in [-0.2, 0) is 16.6 Å². The topological polar surface area (TPSA) is 82.9 Å². The van der Waals surface area contributed by atoms with E-state index in [0.717, 1.165) is 19.6 Å². The van der Waals surface area contributed by atoms with Crippen molar-refractivity contribution in [3.05, 3.63) is 40.3 Å². The summed E-state index contributed by atoms with van der Waals surface area (Å²) >= 11 is 1.73. The number of piperazine rings is 1. The van der Waals surface area contributed by atoms with Gasteiger partial charge in [-0.2, -0.15) is 0 Å². The fourth-order valence-corrected chi connectivity index (χ4v) is 3.96. The van der Waals surface area contributed by atoms with Crippen LogP contribution in [0.3, 0.4) is 0 Å². The predicted molar refractivity (Wildman–Crippen MR) is 90.5 cm³/mol. The molecule has 0 bridgehead atoms. The van der Waals surface area contributed by atoms with Crippen LogP contribution in [0.1, 0.15) is 15.4 Å². The van der Waals surface area contributed by atoms with Gasteiger partial charge in [0.05, 0.1) is 0 Å². The van der Waals surface area contributed by atoms with Gasteiger partial charge in [-0.3, -0.25) is 9.69 Å². The van der Waals surface area contributed by atoms with Gasteiger partial charge in [-0.15, -0.1) is 11.3 Å². The summed E-state index contributed by atoms with van der Waals surface area (Å²) in [6.45, 7) is 3.65. The van der Waals surface area contributed by atoms with Gasteiger partial charge in [-0.25, -0.2) is 13.1 Å². The Hall–Kier alpha value is -1.68. The lowest BCUT2D eigenvalue weighted by molar-refractivity contribution is 0.0593. The van der Waals surface area contributed by atoms with E-state index in [4.69, 9.17) is 4.42 Å². The van der Waals surface area contributed by atoms with E-state index in [1.165, 1.54) is 24.1 Å². The van der Waals surface area contributed by atoms with Crippen LogP contribution in [0.5, 0.6) is 0 Å². The third kappa shape index (κ3) is 3.69. The summed E-state index contributed by atoms with van der Waals surface area (Å²) in [5.41, 5.74) is 0. The van der Waals surface area contributed by atoms with Crippen LogP contribution >= 0.6 is 11.3 Å².